The predicted octanol–water partition coefficient (Wildman–Crippen LogP) is -0.111. The highest BCUT2D eigenvalue weighted by atomic mass is 16.3. The predicted molar refractivity (Wildman–Crippen MR) is 53.8 cm³/mol. The Balaban J connectivity index is 4.48. The lowest BCUT2D eigenvalue weighted by atomic mass is 9.75. The van der Waals surface area contributed by atoms with Crippen LogP contribution in [0.4, 0.5) is 0 Å². The highest BCUT2D eigenvalue weighted by Gasteiger charge is 2.37. The average molecular weight is 206 g/mol. The van der Waals surface area contributed by atoms with Gasteiger partial charge in [0, 0.05) is 12.0 Å². The molecule has 0 spiro atoms. The summed E-state index contributed by atoms with van der Waals surface area (Å²) in [7, 11) is 0. The number of aliphatic hydroxyl groups is 4. The first kappa shape index (κ1) is 13.8. The SMILES string of the molecule is CCC(CC)(CO)C(O)C(O)CCO. The van der Waals surface area contributed by atoms with Gasteiger partial charge in [-0.1, -0.05) is 13.8 Å². The molecule has 0 aromatic carbocycles. The molecule has 86 valence electrons. The first-order valence-electron chi connectivity index (χ1n) is 5.15. The molecule has 2 atom stereocenters. The first-order chi connectivity index (χ1) is 6.57. The van der Waals surface area contributed by atoms with Crippen LogP contribution in [-0.2, 0) is 0 Å². The number of hydrogen-bond donors (Lipinski definition) is 4. The minimum atomic E-state index is -0.977. The van der Waals surface area contributed by atoms with E-state index in [9.17, 15) is 15.3 Å². The Morgan fingerprint density at radius 2 is 1.57 bits per heavy atom. The van der Waals surface area contributed by atoms with Gasteiger partial charge in [-0.15, -0.1) is 0 Å². The molecule has 0 aliphatic heterocycles. The lowest BCUT2D eigenvalue weighted by molar-refractivity contribution is -0.0962. The van der Waals surface area contributed by atoms with E-state index in [0.717, 1.165) is 0 Å². The molecule has 0 rings (SSSR count). The van der Waals surface area contributed by atoms with Crippen molar-refractivity contribution >= 4 is 0 Å². The van der Waals surface area contributed by atoms with Crippen molar-refractivity contribution < 1.29 is 20.4 Å². The van der Waals surface area contributed by atoms with Crippen LogP contribution in [0.5, 0.6) is 0 Å². The fraction of sp³-hybridized carbons (Fsp3) is 1.00. The van der Waals surface area contributed by atoms with Crippen LogP contribution < -0.4 is 0 Å². The van der Waals surface area contributed by atoms with Crippen LogP contribution >= 0.6 is 0 Å². The zero-order valence-corrected chi connectivity index (χ0v) is 8.98. The van der Waals surface area contributed by atoms with Gasteiger partial charge in [-0.25, -0.2) is 0 Å². The van der Waals surface area contributed by atoms with Crippen LogP contribution in [0.3, 0.4) is 0 Å². The number of hydrogen-bond acceptors (Lipinski definition) is 4. The van der Waals surface area contributed by atoms with Gasteiger partial charge in [-0.05, 0) is 19.3 Å². The molecule has 0 aliphatic rings. The van der Waals surface area contributed by atoms with Crippen LogP contribution in [0.25, 0.3) is 0 Å². The van der Waals surface area contributed by atoms with Crippen LogP contribution in [0.15, 0.2) is 0 Å². The Morgan fingerprint density at radius 1 is 1.07 bits per heavy atom. The standard InChI is InChI=1S/C10H22O4/c1-3-10(4-2,7-12)9(14)8(13)5-6-11/h8-9,11-14H,3-7H2,1-2H3. The van der Waals surface area contributed by atoms with Crippen molar-refractivity contribution in [1.29, 1.82) is 0 Å². The lowest BCUT2D eigenvalue weighted by Crippen LogP contribution is -2.45. The molecule has 0 bridgehead atoms. The van der Waals surface area contributed by atoms with Gasteiger partial charge in [0.2, 0.25) is 0 Å². The maximum absolute atomic E-state index is 9.84. The summed E-state index contributed by atoms with van der Waals surface area (Å²) in [5, 5.41) is 37.2. The van der Waals surface area contributed by atoms with Crippen LogP contribution in [0.2, 0.25) is 0 Å². The Labute approximate surface area is 85.2 Å². The van der Waals surface area contributed by atoms with Gasteiger partial charge in [-0.2, -0.15) is 0 Å². The summed E-state index contributed by atoms with van der Waals surface area (Å²) < 4.78 is 0. The molecule has 0 saturated heterocycles. The van der Waals surface area contributed by atoms with Crippen molar-refractivity contribution in [2.24, 2.45) is 5.41 Å². The third-order valence-electron chi connectivity index (χ3n) is 3.14. The summed E-state index contributed by atoms with van der Waals surface area (Å²) in [5.74, 6) is 0. The van der Waals surface area contributed by atoms with Gasteiger partial charge in [0.15, 0.2) is 0 Å². The normalized spacial score (nSPS) is 16.7. The molecular weight excluding hydrogens is 184 g/mol. The Kier molecular flexibility index (Phi) is 6.27. The van der Waals surface area contributed by atoms with Gasteiger partial charge >= 0.3 is 0 Å². The summed E-state index contributed by atoms with van der Waals surface area (Å²) >= 11 is 0. The zero-order valence-electron chi connectivity index (χ0n) is 8.98. The summed E-state index contributed by atoms with van der Waals surface area (Å²) in [6.07, 6.45) is -0.599. The van der Waals surface area contributed by atoms with E-state index >= 15 is 0 Å². The molecule has 0 aromatic rings. The Hall–Kier alpha value is -0.160. The second-order valence-corrected chi connectivity index (χ2v) is 3.75. The Morgan fingerprint density at radius 3 is 1.86 bits per heavy atom. The minimum absolute atomic E-state index is 0.142. The van der Waals surface area contributed by atoms with Gasteiger partial charge in [0.1, 0.15) is 0 Å². The summed E-state index contributed by atoms with van der Waals surface area (Å²) in [5.41, 5.74) is -0.644. The van der Waals surface area contributed by atoms with Gasteiger partial charge < -0.3 is 20.4 Å². The van der Waals surface area contributed by atoms with Crippen molar-refractivity contribution in [1.82, 2.24) is 0 Å². The molecule has 0 fully saturated rings. The van der Waals surface area contributed by atoms with Crippen LogP contribution in [0.1, 0.15) is 33.1 Å². The second-order valence-electron chi connectivity index (χ2n) is 3.75. The molecule has 0 amide bonds. The third-order valence-corrected chi connectivity index (χ3v) is 3.14. The van der Waals surface area contributed by atoms with Gasteiger partial charge in [0.25, 0.3) is 0 Å². The quantitative estimate of drug-likeness (QED) is 0.468. The number of aliphatic hydroxyl groups excluding tert-OH is 4. The molecule has 4 heteroatoms. The summed E-state index contributed by atoms with van der Waals surface area (Å²) in [4.78, 5) is 0. The zero-order chi connectivity index (χ0) is 11.2. The molecule has 2 unspecified atom stereocenters. The number of rotatable bonds is 7. The third kappa shape index (κ3) is 2.92. The van der Waals surface area contributed by atoms with Crippen molar-refractivity contribution in [3.8, 4) is 0 Å². The minimum Gasteiger partial charge on any atom is -0.396 e. The van der Waals surface area contributed by atoms with E-state index in [-0.39, 0.29) is 19.6 Å². The van der Waals surface area contributed by atoms with Gasteiger partial charge in [-0.3, -0.25) is 0 Å². The maximum atomic E-state index is 9.84. The van der Waals surface area contributed by atoms with E-state index < -0.39 is 17.6 Å². The fourth-order valence-electron chi connectivity index (χ4n) is 1.68. The molecule has 4 N–H and O–H groups in total. The van der Waals surface area contributed by atoms with Crippen molar-refractivity contribution in [2.75, 3.05) is 13.2 Å². The molecular formula is C10H22O4. The van der Waals surface area contributed by atoms with E-state index in [0.29, 0.717) is 12.8 Å². The summed E-state index contributed by atoms with van der Waals surface area (Å²) in [6, 6.07) is 0. The van der Waals surface area contributed by atoms with Crippen LogP contribution in [0, 0.1) is 5.41 Å². The molecule has 0 saturated carbocycles. The molecule has 0 heterocycles. The van der Waals surface area contributed by atoms with E-state index in [1.807, 2.05) is 13.8 Å². The summed E-state index contributed by atoms with van der Waals surface area (Å²) in [6.45, 7) is 3.43. The highest BCUT2D eigenvalue weighted by molar-refractivity contribution is 4.88. The van der Waals surface area contributed by atoms with Crippen molar-refractivity contribution in [2.45, 2.75) is 45.3 Å². The van der Waals surface area contributed by atoms with E-state index in [2.05, 4.69) is 0 Å². The maximum Gasteiger partial charge on any atom is 0.0877 e. The average Bonchev–Trinajstić information content (AvgIpc) is 2.21. The van der Waals surface area contributed by atoms with E-state index in [4.69, 9.17) is 5.11 Å². The smallest absolute Gasteiger partial charge is 0.0877 e. The lowest BCUT2D eigenvalue weighted by Gasteiger charge is -2.37. The van der Waals surface area contributed by atoms with Crippen molar-refractivity contribution in [3.05, 3.63) is 0 Å². The molecule has 0 aliphatic carbocycles. The van der Waals surface area contributed by atoms with E-state index in [1.54, 1.807) is 0 Å². The molecule has 0 radical (unpaired) electrons. The molecule has 0 aromatic heterocycles. The monoisotopic (exact) mass is 206 g/mol. The van der Waals surface area contributed by atoms with Gasteiger partial charge in [0.05, 0.1) is 18.8 Å². The molecule has 4 nitrogen and oxygen atoms in total. The highest BCUT2D eigenvalue weighted by Crippen LogP contribution is 2.32. The van der Waals surface area contributed by atoms with E-state index in [1.165, 1.54) is 0 Å². The van der Waals surface area contributed by atoms with Crippen LogP contribution in [-0.4, -0.2) is 45.8 Å². The first-order valence-corrected chi connectivity index (χ1v) is 5.15. The second kappa shape index (κ2) is 6.35. The largest absolute Gasteiger partial charge is 0.396 e. The molecule has 14 heavy (non-hydrogen) atoms. The Bertz CT molecular complexity index is 137. The van der Waals surface area contributed by atoms with Crippen molar-refractivity contribution in [3.63, 3.8) is 0 Å². The topological polar surface area (TPSA) is 80.9 Å². The fourth-order valence-corrected chi connectivity index (χ4v) is 1.68.